The molecule has 1 aliphatic carbocycles. The van der Waals surface area contributed by atoms with Gasteiger partial charge in [0, 0.05) is 18.9 Å². The van der Waals surface area contributed by atoms with Crippen molar-refractivity contribution < 1.29 is 24.2 Å². The van der Waals surface area contributed by atoms with Crippen molar-refractivity contribution in [3.05, 3.63) is 95.6 Å². The molecule has 0 radical (unpaired) electrons. The number of carboxylic acids is 1. The maximum absolute atomic E-state index is 12.2. The van der Waals surface area contributed by atoms with Gasteiger partial charge in [0.25, 0.3) is 0 Å². The second kappa shape index (κ2) is 11.3. The van der Waals surface area contributed by atoms with Crippen LogP contribution in [0.4, 0.5) is 4.79 Å². The lowest BCUT2D eigenvalue weighted by Crippen LogP contribution is -2.33. The highest BCUT2D eigenvalue weighted by molar-refractivity contribution is 5.84. The standard InChI is InChI=1S/C28H28N2O5/c31-25(30-26(27(32)33)19-10-2-1-3-11-19)16-8-9-17-29-28(34)35-18-24-22-14-6-4-12-20(22)21-13-5-7-15-23(21)24/h1-7,10-15,24,26H,8-9,16-18H2,(H,29,34)(H,30,31)(H,32,33)/t26-/m0/s1. The Hall–Kier alpha value is -4.13. The average molecular weight is 473 g/mol. The van der Waals surface area contributed by atoms with Gasteiger partial charge in [0.2, 0.25) is 5.91 Å². The van der Waals surface area contributed by atoms with Crippen LogP contribution >= 0.6 is 0 Å². The van der Waals surface area contributed by atoms with E-state index in [2.05, 4.69) is 34.9 Å². The largest absolute Gasteiger partial charge is 0.479 e. The Kier molecular flexibility index (Phi) is 7.77. The third-order valence-corrected chi connectivity index (χ3v) is 6.13. The predicted molar refractivity (Wildman–Crippen MR) is 132 cm³/mol. The number of benzene rings is 3. The molecule has 0 saturated carbocycles. The number of nitrogens with one attached hydrogen (secondary N) is 2. The molecule has 35 heavy (non-hydrogen) atoms. The molecular weight excluding hydrogens is 444 g/mol. The highest BCUT2D eigenvalue weighted by Crippen LogP contribution is 2.44. The quantitative estimate of drug-likeness (QED) is 0.373. The Morgan fingerprint density at radius 2 is 1.43 bits per heavy atom. The molecule has 1 atom stereocenters. The van der Waals surface area contributed by atoms with Gasteiger partial charge in [-0.05, 0) is 40.7 Å². The van der Waals surface area contributed by atoms with Crippen molar-refractivity contribution in [2.75, 3.05) is 13.2 Å². The minimum absolute atomic E-state index is 0.00337. The van der Waals surface area contributed by atoms with Gasteiger partial charge in [-0.2, -0.15) is 0 Å². The molecule has 3 N–H and O–H groups in total. The molecule has 3 aromatic rings. The van der Waals surface area contributed by atoms with Crippen LogP contribution < -0.4 is 10.6 Å². The molecule has 0 aliphatic heterocycles. The van der Waals surface area contributed by atoms with E-state index in [1.807, 2.05) is 24.3 Å². The molecule has 7 nitrogen and oxygen atoms in total. The third kappa shape index (κ3) is 5.87. The van der Waals surface area contributed by atoms with Crippen LogP contribution in [0.5, 0.6) is 0 Å². The minimum Gasteiger partial charge on any atom is -0.479 e. The van der Waals surface area contributed by atoms with E-state index in [1.165, 1.54) is 11.1 Å². The number of carboxylic acid groups (broad SMARTS) is 1. The van der Waals surface area contributed by atoms with Crippen LogP contribution in [0.3, 0.4) is 0 Å². The fourth-order valence-electron chi connectivity index (χ4n) is 4.42. The van der Waals surface area contributed by atoms with E-state index in [0.717, 1.165) is 11.1 Å². The first-order valence-electron chi connectivity index (χ1n) is 11.7. The van der Waals surface area contributed by atoms with Crippen molar-refractivity contribution in [3.63, 3.8) is 0 Å². The van der Waals surface area contributed by atoms with Crippen LogP contribution in [0.25, 0.3) is 11.1 Å². The Morgan fingerprint density at radius 3 is 2.06 bits per heavy atom. The highest BCUT2D eigenvalue weighted by Gasteiger charge is 2.29. The van der Waals surface area contributed by atoms with E-state index in [4.69, 9.17) is 4.74 Å². The summed E-state index contributed by atoms with van der Waals surface area (Å²) in [6, 6.07) is 23.8. The van der Waals surface area contributed by atoms with E-state index in [-0.39, 0.29) is 24.9 Å². The number of alkyl carbamates (subject to hydrolysis) is 1. The van der Waals surface area contributed by atoms with E-state index in [1.54, 1.807) is 30.3 Å². The number of carbonyl (C=O) groups excluding carboxylic acids is 2. The molecule has 0 saturated heterocycles. The predicted octanol–water partition coefficient (Wildman–Crippen LogP) is 4.64. The summed E-state index contributed by atoms with van der Waals surface area (Å²) < 4.78 is 5.50. The molecule has 0 aromatic heterocycles. The minimum atomic E-state index is -1.11. The molecule has 2 amide bonds. The van der Waals surface area contributed by atoms with Crippen molar-refractivity contribution in [2.24, 2.45) is 0 Å². The Morgan fingerprint density at radius 1 is 0.829 bits per heavy atom. The van der Waals surface area contributed by atoms with Crippen molar-refractivity contribution in [1.82, 2.24) is 10.6 Å². The number of hydrogen-bond donors (Lipinski definition) is 3. The van der Waals surface area contributed by atoms with Crippen LogP contribution in [0, 0.1) is 0 Å². The topological polar surface area (TPSA) is 105 Å². The summed E-state index contributed by atoms with van der Waals surface area (Å²) in [5.41, 5.74) is 5.18. The van der Waals surface area contributed by atoms with E-state index in [9.17, 15) is 19.5 Å². The highest BCUT2D eigenvalue weighted by atomic mass is 16.5. The van der Waals surface area contributed by atoms with E-state index in [0.29, 0.717) is 24.9 Å². The smallest absolute Gasteiger partial charge is 0.407 e. The fourth-order valence-corrected chi connectivity index (χ4v) is 4.42. The van der Waals surface area contributed by atoms with E-state index >= 15 is 0 Å². The molecule has 0 fully saturated rings. The number of ether oxygens (including phenoxy) is 1. The Bertz CT molecular complexity index is 1150. The third-order valence-electron chi connectivity index (χ3n) is 6.13. The molecule has 0 spiro atoms. The van der Waals surface area contributed by atoms with Gasteiger partial charge in [0.05, 0.1) is 0 Å². The molecule has 3 aromatic carbocycles. The van der Waals surface area contributed by atoms with Crippen molar-refractivity contribution >= 4 is 18.0 Å². The average Bonchev–Trinajstić information content (AvgIpc) is 3.20. The van der Waals surface area contributed by atoms with Crippen LogP contribution in [-0.2, 0) is 14.3 Å². The van der Waals surface area contributed by atoms with Crippen molar-refractivity contribution in [3.8, 4) is 11.1 Å². The number of hydrogen-bond acceptors (Lipinski definition) is 4. The number of fused-ring (bicyclic) bond motifs is 3. The van der Waals surface area contributed by atoms with Crippen LogP contribution in [0.1, 0.15) is 47.9 Å². The second-order valence-electron chi connectivity index (χ2n) is 8.46. The SMILES string of the molecule is O=C(CCCCNC(=O)OCC1c2ccccc2-c2ccccc21)N[C@H](C(=O)O)c1ccccc1. The molecule has 1 aliphatic rings. The van der Waals surface area contributed by atoms with Crippen LogP contribution in [0.15, 0.2) is 78.9 Å². The van der Waals surface area contributed by atoms with E-state index < -0.39 is 18.1 Å². The monoisotopic (exact) mass is 472 g/mol. The number of rotatable bonds is 10. The summed E-state index contributed by atoms with van der Waals surface area (Å²) in [5, 5.41) is 14.7. The van der Waals surface area contributed by atoms with Crippen molar-refractivity contribution in [1.29, 1.82) is 0 Å². The second-order valence-corrected chi connectivity index (χ2v) is 8.46. The lowest BCUT2D eigenvalue weighted by molar-refractivity contribution is -0.142. The first kappa shape index (κ1) is 24.0. The summed E-state index contributed by atoms with van der Waals surface area (Å²) in [4.78, 5) is 35.9. The number of aliphatic carboxylic acids is 1. The lowest BCUT2D eigenvalue weighted by Gasteiger charge is -2.15. The Labute approximate surface area is 204 Å². The molecule has 180 valence electrons. The van der Waals surface area contributed by atoms with Gasteiger partial charge in [0.15, 0.2) is 6.04 Å². The van der Waals surface area contributed by atoms with Gasteiger partial charge in [0.1, 0.15) is 6.61 Å². The summed E-state index contributed by atoms with van der Waals surface area (Å²) in [6.07, 6.45) is 0.756. The number of carbonyl (C=O) groups is 3. The molecular formula is C28H28N2O5. The fraction of sp³-hybridized carbons (Fsp3) is 0.250. The first-order chi connectivity index (χ1) is 17.0. The maximum atomic E-state index is 12.2. The molecule has 0 bridgehead atoms. The zero-order valence-corrected chi connectivity index (χ0v) is 19.3. The summed E-state index contributed by atoms with van der Waals surface area (Å²) in [6.45, 7) is 0.614. The van der Waals surface area contributed by atoms with Gasteiger partial charge in [-0.3, -0.25) is 4.79 Å². The first-order valence-corrected chi connectivity index (χ1v) is 11.7. The molecule has 0 heterocycles. The van der Waals surface area contributed by atoms with Crippen LogP contribution in [-0.4, -0.2) is 36.2 Å². The summed E-state index contributed by atoms with van der Waals surface area (Å²) >= 11 is 0. The summed E-state index contributed by atoms with van der Waals surface area (Å²) in [7, 11) is 0. The van der Waals surface area contributed by atoms with Gasteiger partial charge in [-0.25, -0.2) is 9.59 Å². The van der Waals surface area contributed by atoms with Gasteiger partial charge >= 0.3 is 12.1 Å². The zero-order valence-electron chi connectivity index (χ0n) is 19.3. The zero-order chi connectivity index (χ0) is 24.6. The van der Waals surface area contributed by atoms with Crippen LogP contribution in [0.2, 0.25) is 0 Å². The molecule has 0 unspecified atom stereocenters. The van der Waals surface area contributed by atoms with Gasteiger partial charge in [-0.15, -0.1) is 0 Å². The van der Waals surface area contributed by atoms with Gasteiger partial charge in [-0.1, -0.05) is 78.9 Å². The lowest BCUT2D eigenvalue weighted by atomic mass is 9.98. The summed E-state index contributed by atoms with van der Waals surface area (Å²) in [5.74, 6) is -1.45. The molecule has 7 heteroatoms. The maximum Gasteiger partial charge on any atom is 0.407 e. The number of amides is 2. The van der Waals surface area contributed by atoms with Gasteiger partial charge < -0.3 is 20.5 Å². The normalized spacial score (nSPS) is 12.8. The molecule has 4 rings (SSSR count). The Balaban J connectivity index is 1.18. The number of unbranched alkanes of at least 4 members (excludes halogenated alkanes) is 1. The van der Waals surface area contributed by atoms with Crippen molar-refractivity contribution in [2.45, 2.75) is 31.2 Å².